The monoisotopic (exact) mass is 312 g/mol. The van der Waals surface area contributed by atoms with Crippen LogP contribution in [0.25, 0.3) is 0 Å². The van der Waals surface area contributed by atoms with E-state index in [0.29, 0.717) is 22.9 Å². The normalized spacial score (nSPS) is 15.6. The molecule has 0 saturated heterocycles. The van der Waals surface area contributed by atoms with E-state index in [1.807, 2.05) is 12.1 Å². The molecule has 6 heteroatoms. The molecule has 0 fully saturated rings. The van der Waals surface area contributed by atoms with Gasteiger partial charge in [-0.1, -0.05) is 18.2 Å². The largest absolute Gasteiger partial charge is 0.485 e. The van der Waals surface area contributed by atoms with Crippen molar-refractivity contribution >= 4 is 23.2 Å². The molecule has 2 amide bonds. The summed E-state index contributed by atoms with van der Waals surface area (Å²) in [6.45, 7) is 1.57. The fourth-order valence-corrected chi connectivity index (χ4v) is 2.25. The van der Waals surface area contributed by atoms with E-state index in [1.165, 1.54) is 6.92 Å². The summed E-state index contributed by atoms with van der Waals surface area (Å²) in [4.78, 5) is 23.4. The maximum Gasteiger partial charge on any atom is 0.269 e. The Hall–Kier alpha value is -3.02. The van der Waals surface area contributed by atoms with Gasteiger partial charge in [-0.05, 0) is 30.3 Å². The molecule has 0 spiro atoms. The van der Waals surface area contributed by atoms with Crippen molar-refractivity contribution in [2.45, 2.75) is 13.0 Å². The summed E-state index contributed by atoms with van der Waals surface area (Å²) < 4.78 is 11.2. The van der Waals surface area contributed by atoms with Crippen LogP contribution in [0.4, 0.5) is 11.4 Å². The number of fused-ring (bicyclic) bond motifs is 1. The fraction of sp³-hybridized carbons (Fsp3) is 0.176. The zero-order chi connectivity index (χ0) is 16.2. The average Bonchev–Trinajstić information content (AvgIpc) is 2.54. The van der Waals surface area contributed by atoms with E-state index in [0.717, 1.165) is 0 Å². The summed E-state index contributed by atoms with van der Waals surface area (Å²) >= 11 is 0. The predicted octanol–water partition coefficient (Wildman–Crippen LogP) is 2.42. The number of para-hydroxylation sites is 2. The van der Waals surface area contributed by atoms with E-state index in [-0.39, 0.29) is 18.4 Å². The van der Waals surface area contributed by atoms with Gasteiger partial charge in [-0.2, -0.15) is 0 Å². The van der Waals surface area contributed by atoms with Gasteiger partial charge >= 0.3 is 0 Å². The molecular formula is C17H16N2O4. The van der Waals surface area contributed by atoms with Crippen LogP contribution in [0.3, 0.4) is 0 Å². The second-order valence-electron chi connectivity index (χ2n) is 5.12. The molecule has 2 aromatic carbocycles. The fourth-order valence-electron chi connectivity index (χ4n) is 2.25. The van der Waals surface area contributed by atoms with Crippen LogP contribution in [0.2, 0.25) is 0 Å². The molecule has 3 rings (SSSR count). The quantitative estimate of drug-likeness (QED) is 0.912. The zero-order valence-corrected chi connectivity index (χ0v) is 12.5. The highest BCUT2D eigenvalue weighted by molar-refractivity contribution is 5.96. The van der Waals surface area contributed by atoms with E-state index >= 15 is 0 Å². The summed E-state index contributed by atoms with van der Waals surface area (Å²) in [6, 6.07) is 14.1. The van der Waals surface area contributed by atoms with Crippen molar-refractivity contribution in [2.24, 2.45) is 0 Å². The van der Waals surface area contributed by atoms with E-state index < -0.39 is 6.10 Å². The van der Waals surface area contributed by atoms with Crippen molar-refractivity contribution in [1.82, 2.24) is 0 Å². The van der Waals surface area contributed by atoms with Crippen molar-refractivity contribution in [3.63, 3.8) is 0 Å². The molecule has 1 heterocycles. The third kappa shape index (κ3) is 3.60. The Bertz CT molecular complexity index is 745. The molecule has 0 bridgehead atoms. The van der Waals surface area contributed by atoms with Crippen LogP contribution in [0.15, 0.2) is 48.5 Å². The number of nitrogens with one attached hydrogen (secondary N) is 2. The summed E-state index contributed by atoms with van der Waals surface area (Å²) in [7, 11) is 0. The van der Waals surface area contributed by atoms with Crippen molar-refractivity contribution in [3.8, 4) is 11.5 Å². The maximum absolute atomic E-state index is 12.3. The lowest BCUT2D eigenvalue weighted by Crippen LogP contribution is -2.40. The van der Waals surface area contributed by atoms with Gasteiger partial charge in [-0.25, -0.2) is 0 Å². The molecule has 1 atom stereocenters. The molecule has 0 unspecified atom stereocenters. The molecule has 0 aromatic heterocycles. The number of carbonyl (C=O) groups excluding carboxylic acids is 2. The Morgan fingerprint density at radius 2 is 1.70 bits per heavy atom. The number of hydrogen-bond acceptors (Lipinski definition) is 4. The topological polar surface area (TPSA) is 76.7 Å². The van der Waals surface area contributed by atoms with Crippen LogP contribution in [-0.4, -0.2) is 24.5 Å². The van der Waals surface area contributed by atoms with Gasteiger partial charge in [-0.15, -0.1) is 0 Å². The second kappa shape index (κ2) is 6.39. The van der Waals surface area contributed by atoms with Gasteiger partial charge in [0.25, 0.3) is 5.91 Å². The molecule has 2 aromatic rings. The van der Waals surface area contributed by atoms with Gasteiger partial charge < -0.3 is 20.1 Å². The summed E-state index contributed by atoms with van der Waals surface area (Å²) in [5, 5.41) is 5.43. The third-order valence-electron chi connectivity index (χ3n) is 3.25. The number of carbonyl (C=O) groups is 2. The SMILES string of the molecule is CC(=O)Nc1cccc(NC(=O)[C@@H]2COc3ccccc3O2)c1. The third-order valence-corrected chi connectivity index (χ3v) is 3.25. The Balaban J connectivity index is 1.67. The van der Waals surface area contributed by atoms with Crippen LogP contribution >= 0.6 is 0 Å². The molecule has 2 N–H and O–H groups in total. The second-order valence-corrected chi connectivity index (χ2v) is 5.12. The van der Waals surface area contributed by atoms with Gasteiger partial charge in [0.05, 0.1) is 0 Å². The van der Waals surface area contributed by atoms with Crippen molar-refractivity contribution in [2.75, 3.05) is 17.2 Å². The molecule has 118 valence electrons. The van der Waals surface area contributed by atoms with Crippen LogP contribution < -0.4 is 20.1 Å². The molecule has 1 aliphatic heterocycles. The highest BCUT2D eigenvalue weighted by Crippen LogP contribution is 2.31. The summed E-state index contributed by atoms with van der Waals surface area (Å²) in [6.07, 6.45) is -0.727. The van der Waals surface area contributed by atoms with Gasteiger partial charge in [0, 0.05) is 18.3 Å². The Kier molecular flexibility index (Phi) is 4.14. The Morgan fingerprint density at radius 3 is 2.43 bits per heavy atom. The lowest BCUT2D eigenvalue weighted by atomic mass is 10.2. The van der Waals surface area contributed by atoms with Crippen molar-refractivity contribution < 1.29 is 19.1 Å². The Morgan fingerprint density at radius 1 is 1.00 bits per heavy atom. The van der Waals surface area contributed by atoms with E-state index in [1.54, 1.807) is 36.4 Å². The molecule has 0 radical (unpaired) electrons. The number of anilines is 2. The molecule has 0 aliphatic carbocycles. The number of hydrogen-bond donors (Lipinski definition) is 2. The van der Waals surface area contributed by atoms with Crippen molar-refractivity contribution in [1.29, 1.82) is 0 Å². The first-order valence-electron chi connectivity index (χ1n) is 7.19. The minimum atomic E-state index is -0.727. The lowest BCUT2D eigenvalue weighted by molar-refractivity contribution is -0.125. The summed E-state index contributed by atoms with van der Waals surface area (Å²) in [5.41, 5.74) is 1.19. The van der Waals surface area contributed by atoms with E-state index in [9.17, 15) is 9.59 Å². The summed E-state index contributed by atoms with van der Waals surface area (Å²) in [5.74, 6) is 0.698. The van der Waals surface area contributed by atoms with Gasteiger partial charge in [0.15, 0.2) is 11.5 Å². The number of amides is 2. The van der Waals surface area contributed by atoms with Gasteiger partial charge in [0.2, 0.25) is 12.0 Å². The van der Waals surface area contributed by atoms with Crippen LogP contribution in [-0.2, 0) is 9.59 Å². The highest BCUT2D eigenvalue weighted by atomic mass is 16.6. The van der Waals surface area contributed by atoms with Crippen LogP contribution in [0.5, 0.6) is 11.5 Å². The van der Waals surface area contributed by atoms with Crippen LogP contribution in [0.1, 0.15) is 6.92 Å². The van der Waals surface area contributed by atoms with Crippen LogP contribution in [0, 0.1) is 0 Å². The molecule has 23 heavy (non-hydrogen) atoms. The molecular weight excluding hydrogens is 296 g/mol. The number of ether oxygens (including phenoxy) is 2. The first-order valence-corrected chi connectivity index (χ1v) is 7.19. The van der Waals surface area contributed by atoms with E-state index in [2.05, 4.69) is 10.6 Å². The van der Waals surface area contributed by atoms with Gasteiger partial charge in [-0.3, -0.25) is 9.59 Å². The highest BCUT2D eigenvalue weighted by Gasteiger charge is 2.27. The lowest BCUT2D eigenvalue weighted by Gasteiger charge is -2.25. The number of benzene rings is 2. The smallest absolute Gasteiger partial charge is 0.269 e. The predicted molar refractivity (Wildman–Crippen MR) is 85.7 cm³/mol. The molecule has 1 aliphatic rings. The standard InChI is InChI=1S/C17H16N2O4/c1-11(20)18-12-5-4-6-13(9-12)19-17(21)16-10-22-14-7-2-3-8-15(14)23-16/h2-9,16H,10H2,1H3,(H,18,20)(H,19,21)/t16-/m0/s1. The molecule has 6 nitrogen and oxygen atoms in total. The zero-order valence-electron chi connectivity index (χ0n) is 12.5. The first kappa shape index (κ1) is 14.9. The average molecular weight is 312 g/mol. The minimum absolute atomic E-state index is 0.147. The van der Waals surface area contributed by atoms with E-state index in [4.69, 9.17) is 9.47 Å². The minimum Gasteiger partial charge on any atom is -0.485 e. The van der Waals surface area contributed by atoms with Gasteiger partial charge in [0.1, 0.15) is 6.61 Å². The maximum atomic E-state index is 12.3. The first-order chi connectivity index (χ1) is 11.1. The molecule has 0 saturated carbocycles. The Labute approximate surface area is 133 Å². The number of rotatable bonds is 3. The van der Waals surface area contributed by atoms with Crippen molar-refractivity contribution in [3.05, 3.63) is 48.5 Å².